The minimum Gasteiger partial charge on any atom is -0.307 e. The number of hydrogen-bond acceptors (Lipinski definition) is 2. The molecule has 0 atom stereocenters. The molecule has 0 aliphatic carbocycles. The van der Waals surface area contributed by atoms with Gasteiger partial charge in [-0.2, -0.15) is 0 Å². The lowest BCUT2D eigenvalue weighted by Gasteiger charge is -2.15. The smallest absolute Gasteiger partial charge is 0.101 e. The molecule has 0 N–H and O–H groups in total. The molecule has 1 aromatic carbocycles. The van der Waals surface area contributed by atoms with Gasteiger partial charge in [-0.1, -0.05) is 25.4 Å². The van der Waals surface area contributed by atoms with Crippen molar-refractivity contribution < 1.29 is 0 Å². The second-order valence-electron chi connectivity index (χ2n) is 3.73. The van der Waals surface area contributed by atoms with Gasteiger partial charge in [0.05, 0.1) is 5.69 Å². The molecule has 0 aliphatic rings. The first-order chi connectivity index (χ1) is 8.17. The molecule has 0 aromatic heterocycles. The van der Waals surface area contributed by atoms with Crippen molar-refractivity contribution in [1.29, 1.82) is 0 Å². The van der Waals surface area contributed by atoms with E-state index in [1.165, 1.54) is 0 Å². The lowest BCUT2D eigenvalue weighted by atomic mass is 10.2. The molecule has 0 radical (unpaired) electrons. The Kier molecular flexibility index (Phi) is 6.45. The Morgan fingerprint density at radius 3 is 2.76 bits per heavy atom. The van der Waals surface area contributed by atoms with E-state index in [-0.39, 0.29) is 0 Å². The number of rotatable bonds is 6. The largest absolute Gasteiger partial charge is 0.307 e. The van der Waals surface area contributed by atoms with E-state index >= 15 is 0 Å². The average molecular weight is 271 g/mol. The lowest BCUT2D eigenvalue weighted by Crippen LogP contribution is -2.14. The summed E-state index contributed by atoms with van der Waals surface area (Å²) < 4.78 is 2.17. The predicted molar refractivity (Wildman–Crippen MR) is 79.5 cm³/mol. The van der Waals surface area contributed by atoms with Crippen LogP contribution in [0.3, 0.4) is 0 Å². The number of halogens is 1. The third-order valence-corrected chi connectivity index (χ3v) is 3.33. The lowest BCUT2D eigenvalue weighted by molar-refractivity contribution is 0.667. The summed E-state index contributed by atoms with van der Waals surface area (Å²) in [6.45, 7) is 7.36. The fourth-order valence-corrected chi connectivity index (χ4v) is 2.42. The highest BCUT2D eigenvalue weighted by molar-refractivity contribution is 7.97. The van der Waals surface area contributed by atoms with Crippen LogP contribution in [0.4, 0.5) is 5.69 Å². The van der Waals surface area contributed by atoms with Gasteiger partial charge in [0.25, 0.3) is 0 Å². The van der Waals surface area contributed by atoms with Crippen LogP contribution in [0.2, 0.25) is 5.02 Å². The molecule has 0 amide bonds. The molecule has 0 bridgehead atoms. The zero-order valence-corrected chi connectivity index (χ0v) is 12.2. The summed E-state index contributed by atoms with van der Waals surface area (Å²) in [5.41, 5.74) is 2.08. The van der Waals surface area contributed by atoms with Gasteiger partial charge in [-0.3, -0.25) is 0 Å². The molecule has 94 valence electrons. The summed E-state index contributed by atoms with van der Waals surface area (Å²) in [6.07, 6.45) is 3.03. The molecule has 4 heteroatoms. The third kappa shape index (κ3) is 5.00. The molecule has 0 spiro atoms. The maximum Gasteiger partial charge on any atom is 0.101 e. The van der Waals surface area contributed by atoms with E-state index in [1.807, 2.05) is 31.5 Å². The van der Waals surface area contributed by atoms with Crippen LogP contribution < -0.4 is 0 Å². The topological polar surface area (TPSA) is 15.6 Å². The third-order valence-electron chi connectivity index (χ3n) is 2.22. The molecular formula is C13H19ClN2S. The molecule has 0 unspecified atom stereocenters. The van der Waals surface area contributed by atoms with Crippen LogP contribution in [0.1, 0.15) is 25.8 Å². The van der Waals surface area contributed by atoms with Crippen LogP contribution in [0.15, 0.2) is 23.2 Å². The number of hydrogen-bond donors (Lipinski definition) is 0. The van der Waals surface area contributed by atoms with Crippen molar-refractivity contribution in [3.05, 3.63) is 28.8 Å². The Morgan fingerprint density at radius 1 is 1.41 bits per heavy atom. The second kappa shape index (κ2) is 7.62. The maximum atomic E-state index is 5.91. The molecule has 0 fully saturated rings. The highest BCUT2D eigenvalue weighted by Gasteiger charge is 1.99. The van der Waals surface area contributed by atoms with Gasteiger partial charge < -0.3 is 4.31 Å². The van der Waals surface area contributed by atoms with E-state index in [1.54, 1.807) is 11.9 Å². The molecule has 17 heavy (non-hydrogen) atoms. The summed E-state index contributed by atoms with van der Waals surface area (Å²) in [5, 5.41) is 0.759. The van der Waals surface area contributed by atoms with Gasteiger partial charge in [-0.05, 0) is 49.1 Å². The Labute approximate surface area is 113 Å². The molecule has 2 nitrogen and oxygen atoms in total. The summed E-state index contributed by atoms with van der Waals surface area (Å²) >= 11 is 7.70. The monoisotopic (exact) mass is 270 g/mol. The molecule has 0 aliphatic heterocycles. The SMILES string of the molecule is CCCN(C=Nc1ccc(Cl)cc1C)SCC. The van der Waals surface area contributed by atoms with Crippen LogP contribution in [0, 0.1) is 6.92 Å². The molecular weight excluding hydrogens is 252 g/mol. The van der Waals surface area contributed by atoms with Crippen molar-refractivity contribution in [1.82, 2.24) is 4.31 Å². The first-order valence-electron chi connectivity index (χ1n) is 5.87. The average Bonchev–Trinajstić information content (AvgIpc) is 2.28. The van der Waals surface area contributed by atoms with Crippen molar-refractivity contribution in [2.75, 3.05) is 12.3 Å². The van der Waals surface area contributed by atoms with Crippen molar-refractivity contribution >= 4 is 35.6 Å². The highest BCUT2D eigenvalue weighted by Crippen LogP contribution is 2.22. The summed E-state index contributed by atoms with van der Waals surface area (Å²) in [5.74, 6) is 1.06. The zero-order chi connectivity index (χ0) is 12.7. The molecule has 0 heterocycles. The Hall–Kier alpha value is -0.670. The fraction of sp³-hybridized carbons (Fsp3) is 0.462. The summed E-state index contributed by atoms with van der Waals surface area (Å²) in [7, 11) is 0. The van der Waals surface area contributed by atoms with Gasteiger partial charge in [0.1, 0.15) is 6.34 Å². The van der Waals surface area contributed by atoms with Crippen LogP contribution >= 0.6 is 23.5 Å². The van der Waals surface area contributed by atoms with Gasteiger partial charge in [0.2, 0.25) is 0 Å². The van der Waals surface area contributed by atoms with Crippen LogP contribution in [0.5, 0.6) is 0 Å². The maximum absolute atomic E-state index is 5.91. The summed E-state index contributed by atoms with van der Waals surface area (Å²) in [4.78, 5) is 4.51. The first-order valence-corrected chi connectivity index (χ1v) is 7.19. The normalized spacial score (nSPS) is 11.1. The molecule has 1 rings (SSSR count). The number of aryl methyl sites for hydroxylation is 1. The Balaban J connectivity index is 2.73. The predicted octanol–water partition coefficient (Wildman–Crippen LogP) is 4.69. The van der Waals surface area contributed by atoms with Crippen LogP contribution in [-0.4, -0.2) is 22.9 Å². The number of aliphatic imine (C=N–C) groups is 1. The number of benzene rings is 1. The standard InChI is InChI=1S/C13H19ClN2S/c1-4-8-16(17-5-2)10-15-13-7-6-12(14)9-11(13)3/h6-7,9-10H,4-5,8H2,1-3H3. The summed E-state index contributed by atoms with van der Waals surface area (Å²) in [6, 6.07) is 5.76. The quantitative estimate of drug-likeness (QED) is 0.423. The second-order valence-corrected chi connectivity index (χ2v) is 5.47. The van der Waals surface area contributed by atoms with E-state index in [0.717, 1.165) is 35.0 Å². The Bertz CT molecular complexity index is 374. The Morgan fingerprint density at radius 2 is 2.18 bits per heavy atom. The minimum atomic E-state index is 0.759. The van der Waals surface area contributed by atoms with Gasteiger partial charge in [0, 0.05) is 17.3 Å². The van der Waals surface area contributed by atoms with E-state index in [9.17, 15) is 0 Å². The van der Waals surface area contributed by atoms with Gasteiger partial charge in [-0.25, -0.2) is 4.99 Å². The molecule has 1 aromatic rings. The van der Waals surface area contributed by atoms with E-state index in [2.05, 4.69) is 23.1 Å². The fourth-order valence-electron chi connectivity index (χ4n) is 1.43. The minimum absolute atomic E-state index is 0.759. The van der Waals surface area contributed by atoms with E-state index < -0.39 is 0 Å². The van der Waals surface area contributed by atoms with Crippen molar-refractivity contribution in [3.63, 3.8) is 0 Å². The van der Waals surface area contributed by atoms with E-state index in [4.69, 9.17) is 11.6 Å². The van der Waals surface area contributed by atoms with Crippen molar-refractivity contribution in [3.8, 4) is 0 Å². The van der Waals surface area contributed by atoms with Crippen LogP contribution in [0.25, 0.3) is 0 Å². The van der Waals surface area contributed by atoms with Crippen molar-refractivity contribution in [2.24, 2.45) is 4.99 Å². The van der Waals surface area contributed by atoms with Gasteiger partial charge >= 0.3 is 0 Å². The van der Waals surface area contributed by atoms with Gasteiger partial charge in [0.15, 0.2) is 0 Å². The first kappa shape index (κ1) is 14.4. The molecule has 0 saturated carbocycles. The van der Waals surface area contributed by atoms with Crippen LogP contribution in [-0.2, 0) is 0 Å². The van der Waals surface area contributed by atoms with Gasteiger partial charge in [-0.15, -0.1) is 0 Å². The molecule has 0 saturated heterocycles. The van der Waals surface area contributed by atoms with E-state index in [0.29, 0.717) is 0 Å². The zero-order valence-electron chi connectivity index (χ0n) is 10.6. The van der Waals surface area contributed by atoms with Crippen molar-refractivity contribution in [2.45, 2.75) is 27.2 Å². The highest BCUT2D eigenvalue weighted by atomic mass is 35.5. The number of nitrogens with zero attached hydrogens (tertiary/aromatic N) is 2.